The highest BCUT2D eigenvalue weighted by molar-refractivity contribution is 7.90. The molecule has 0 atom stereocenters. The van der Waals surface area contributed by atoms with Gasteiger partial charge in [0, 0.05) is 0 Å². The fourth-order valence-electron chi connectivity index (χ4n) is 1.69. The number of nitrogens with two attached hydrogens (primary N) is 1. The zero-order valence-electron chi connectivity index (χ0n) is 10.4. The van der Waals surface area contributed by atoms with Gasteiger partial charge in [0.2, 0.25) is 0 Å². The van der Waals surface area contributed by atoms with E-state index in [1.807, 2.05) is 30.3 Å². The summed E-state index contributed by atoms with van der Waals surface area (Å²) in [6.45, 7) is 1.44. The maximum absolute atomic E-state index is 11.8. The van der Waals surface area contributed by atoms with E-state index in [0.717, 1.165) is 11.1 Å². The molecule has 0 unspecified atom stereocenters. The van der Waals surface area contributed by atoms with E-state index in [2.05, 4.69) is 4.40 Å². The Morgan fingerprint density at radius 2 is 1.47 bits per heavy atom. The summed E-state index contributed by atoms with van der Waals surface area (Å²) >= 11 is 0. The number of rotatable bonds is 3. The minimum Gasteiger partial charge on any atom is -0.387 e. The summed E-state index contributed by atoms with van der Waals surface area (Å²) in [5.41, 5.74) is 7.29. The number of hydrogen-bond donors (Lipinski definition) is 1. The first-order valence-corrected chi connectivity index (χ1v) is 7.15. The second kappa shape index (κ2) is 5.24. The van der Waals surface area contributed by atoms with Crippen LogP contribution in [0.5, 0.6) is 0 Å². The van der Waals surface area contributed by atoms with Crippen molar-refractivity contribution in [1.82, 2.24) is 0 Å². The highest BCUT2D eigenvalue weighted by Crippen LogP contribution is 2.21. The van der Waals surface area contributed by atoms with Gasteiger partial charge >= 0.3 is 0 Å². The molecular formula is C14H14N2O2S. The zero-order valence-corrected chi connectivity index (χ0v) is 11.3. The normalized spacial score (nSPS) is 12.4. The fourth-order valence-corrected chi connectivity index (χ4v) is 2.66. The Morgan fingerprint density at radius 1 is 0.947 bits per heavy atom. The minimum atomic E-state index is -3.70. The van der Waals surface area contributed by atoms with Crippen LogP contribution in [-0.4, -0.2) is 14.3 Å². The van der Waals surface area contributed by atoms with Crippen molar-refractivity contribution >= 4 is 15.9 Å². The molecule has 2 aromatic rings. The number of amidine groups is 1. The number of nitrogens with zero attached hydrogens (tertiary/aromatic N) is 1. The standard InChI is InChI=1S/C14H14N2O2S/c1-11(15)16-19(17,18)14-9-7-13(8-10-14)12-5-3-2-4-6-12/h2-10H,1H3,(H2,15,16). The van der Waals surface area contributed by atoms with Gasteiger partial charge in [-0.25, -0.2) is 0 Å². The van der Waals surface area contributed by atoms with Gasteiger partial charge < -0.3 is 5.73 Å². The van der Waals surface area contributed by atoms with Gasteiger partial charge in [0.1, 0.15) is 5.84 Å². The van der Waals surface area contributed by atoms with Crippen LogP contribution in [0.2, 0.25) is 0 Å². The number of benzene rings is 2. The first-order chi connectivity index (χ1) is 8.99. The molecule has 0 bridgehead atoms. The van der Waals surface area contributed by atoms with Gasteiger partial charge in [-0.3, -0.25) is 0 Å². The van der Waals surface area contributed by atoms with Crippen LogP contribution in [-0.2, 0) is 10.0 Å². The SMILES string of the molecule is C/C(N)=N\S(=O)(=O)c1ccc(-c2ccccc2)cc1. The van der Waals surface area contributed by atoms with Crippen LogP contribution in [0.4, 0.5) is 0 Å². The van der Waals surface area contributed by atoms with Gasteiger partial charge in [0.05, 0.1) is 4.90 Å². The molecule has 0 aliphatic carbocycles. The van der Waals surface area contributed by atoms with E-state index in [9.17, 15) is 8.42 Å². The molecule has 0 aromatic heterocycles. The summed E-state index contributed by atoms with van der Waals surface area (Å²) in [7, 11) is -3.70. The van der Waals surface area contributed by atoms with E-state index in [1.165, 1.54) is 19.1 Å². The average Bonchev–Trinajstić information content (AvgIpc) is 2.38. The molecule has 2 aromatic carbocycles. The van der Waals surface area contributed by atoms with Crippen LogP contribution in [0.3, 0.4) is 0 Å². The third-order valence-corrected chi connectivity index (χ3v) is 3.92. The lowest BCUT2D eigenvalue weighted by atomic mass is 10.1. The molecule has 0 amide bonds. The lowest BCUT2D eigenvalue weighted by molar-refractivity contribution is 0.598. The third kappa shape index (κ3) is 3.20. The van der Waals surface area contributed by atoms with Crippen molar-refractivity contribution in [1.29, 1.82) is 0 Å². The van der Waals surface area contributed by atoms with Crippen molar-refractivity contribution in [2.24, 2.45) is 10.1 Å². The number of hydrogen-bond acceptors (Lipinski definition) is 2. The van der Waals surface area contributed by atoms with Crippen LogP contribution >= 0.6 is 0 Å². The van der Waals surface area contributed by atoms with Crippen molar-refractivity contribution in [3.05, 3.63) is 54.6 Å². The molecule has 0 saturated carbocycles. The topological polar surface area (TPSA) is 72.5 Å². The molecule has 2 rings (SSSR count). The predicted octanol–water partition coefficient (Wildman–Crippen LogP) is 2.42. The Bertz CT molecular complexity index is 686. The highest BCUT2D eigenvalue weighted by Gasteiger charge is 2.12. The van der Waals surface area contributed by atoms with Gasteiger partial charge in [0.25, 0.3) is 10.0 Å². The van der Waals surface area contributed by atoms with Crippen molar-refractivity contribution in [3.8, 4) is 11.1 Å². The molecule has 0 radical (unpaired) electrons. The van der Waals surface area contributed by atoms with Crippen LogP contribution in [0.25, 0.3) is 11.1 Å². The Kier molecular flexibility index (Phi) is 3.66. The summed E-state index contributed by atoms with van der Waals surface area (Å²) < 4.78 is 27.1. The van der Waals surface area contributed by atoms with E-state index in [1.54, 1.807) is 12.1 Å². The second-order valence-electron chi connectivity index (χ2n) is 4.10. The summed E-state index contributed by atoms with van der Waals surface area (Å²) in [6.07, 6.45) is 0. The third-order valence-electron chi connectivity index (χ3n) is 2.52. The number of sulfonamides is 1. The molecule has 0 spiro atoms. The smallest absolute Gasteiger partial charge is 0.283 e. The molecule has 98 valence electrons. The molecule has 0 fully saturated rings. The Morgan fingerprint density at radius 3 is 2.00 bits per heavy atom. The maximum Gasteiger partial charge on any atom is 0.283 e. The van der Waals surface area contributed by atoms with E-state index >= 15 is 0 Å². The van der Waals surface area contributed by atoms with Crippen molar-refractivity contribution in [3.63, 3.8) is 0 Å². The fraction of sp³-hybridized carbons (Fsp3) is 0.0714. The lowest BCUT2D eigenvalue weighted by Gasteiger charge is -2.03. The average molecular weight is 274 g/mol. The van der Waals surface area contributed by atoms with Crippen molar-refractivity contribution < 1.29 is 8.42 Å². The predicted molar refractivity (Wildman–Crippen MR) is 76.4 cm³/mol. The first kappa shape index (κ1) is 13.3. The molecule has 5 heteroatoms. The molecular weight excluding hydrogens is 260 g/mol. The summed E-state index contributed by atoms with van der Waals surface area (Å²) in [5.74, 6) is 0.0205. The van der Waals surface area contributed by atoms with E-state index in [0.29, 0.717) is 0 Å². The van der Waals surface area contributed by atoms with Gasteiger partial charge in [-0.1, -0.05) is 42.5 Å². The van der Waals surface area contributed by atoms with Crippen LogP contribution in [0, 0.1) is 0 Å². The lowest BCUT2D eigenvalue weighted by Crippen LogP contribution is -2.09. The molecule has 0 aliphatic rings. The van der Waals surface area contributed by atoms with Crippen LogP contribution in [0.1, 0.15) is 6.92 Å². The largest absolute Gasteiger partial charge is 0.387 e. The van der Waals surface area contributed by atoms with E-state index < -0.39 is 10.0 Å². The molecule has 19 heavy (non-hydrogen) atoms. The Balaban J connectivity index is 2.37. The summed E-state index contributed by atoms with van der Waals surface area (Å²) in [4.78, 5) is 0.136. The Labute approximate surface area is 112 Å². The van der Waals surface area contributed by atoms with Crippen LogP contribution in [0.15, 0.2) is 63.9 Å². The molecule has 0 saturated heterocycles. The first-order valence-electron chi connectivity index (χ1n) is 5.71. The van der Waals surface area contributed by atoms with Crippen molar-refractivity contribution in [2.45, 2.75) is 11.8 Å². The summed E-state index contributed by atoms with van der Waals surface area (Å²) in [6, 6.07) is 16.3. The Hall–Kier alpha value is -2.14. The molecule has 0 heterocycles. The van der Waals surface area contributed by atoms with Crippen molar-refractivity contribution in [2.75, 3.05) is 0 Å². The zero-order chi connectivity index (χ0) is 13.9. The summed E-state index contributed by atoms with van der Waals surface area (Å²) in [5, 5.41) is 0. The van der Waals surface area contributed by atoms with E-state index in [-0.39, 0.29) is 10.7 Å². The van der Waals surface area contributed by atoms with Gasteiger partial charge in [0.15, 0.2) is 0 Å². The monoisotopic (exact) mass is 274 g/mol. The van der Waals surface area contributed by atoms with E-state index in [4.69, 9.17) is 5.73 Å². The molecule has 0 aliphatic heterocycles. The van der Waals surface area contributed by atoms with Gasteiger partial charge in [-0.2, -0.15) is 8.42 Å². The molecule has 4 nitrogen and oxygen atoms in total. The quantitative estimate of drug-likeness (QED) is 0.690. The maximum atomic E-state index is 11.8. The highest BCUT2D eigenvalue weighted by atomic mass is 32.2. The second-order valence-corrected chi connectivity index (χ2v) is 5.70. The van der Waals surface area contributed by atoms with Gasteiger partial charge in [-0.05, 0) is 30.2 Å². The van der Waals surface area contributed by atoms with Crippen LogP contribution < -0.4 is 5.73 Å². The minimum absolute atomic E-state index is 0.0205. The van der Waals surface area contributed by atoms with Gasteiger partial charge in [-0.15, -0.1) is 4.40 Å². The molecule has 2 N–H and O–H groups in total.